The van der Waals surface area contributed by atoms with Gasteiger partial charge in [-0.2, -0.15) is 5.10 Å². The molecule has 2 aromatic heterocycles. The molecule has 0 amide bonds. The molecule has 0 saturated heterocycles. The van der Waals surface area contributed by atoms with Gasteiger partial charge in [-0.05, 0) is 30.7 Å². The Labute approximate surface area is 213 Å². The second-order valence-corrected chi connectivity index (χ2v) is 10.2. The highest BCUT2D eigenvalue weighted by molar-refractivity contribution is 7.92. The third kappa shape index (κ3) is 4.81. The second-order valence-electron chi connectivity index (χ2n) is 8.53. The van der Waals surface area contributed by atoms with Crippen molar-refractivity contribution >= 4 is 26.7 Å². The molecule has 11 heteroatoms. The Morgan fingerprint density at radius 2 is 1.65 bits per heavy atom. The number of imidazole rings is 1. The van der Waals surface area contributed by atoms with Crippen LogP contribution in [0, 0.1) is 6.92 Å². The molecule has 2 heterocycles. The van der Waals surface area contributed by atoms with Gasteiger partial charge in [-0.3, -0.25) is 19.0 Å². The number of aromatic amines is 1. The van der Waals surface area contributed by atoms with Gasteiger partial charge in [0.05, 0.1) is 22.4 Å². The van der Waals surface area contributed by atoms with Crippen LogP contribution < -0.4 is 19.9 Å². The van der Waals surface area contributed by atoms with Gasteiger partial charge in [-0.1, -0.05) is 36.4 Å². The summed E-state index contributed by atoms with van der Waals surface area (Å²) in [5, 5.41) is 6.47. The lowest BCUT2D eigenvalue weighted by Gasteiger charge is -2.15. The van der Waals surface area contributed by atoms with Gasteiger partial charge >= 0.3 is 5.69 Å². The van der Waals surface area contributed by atoms with Crippen molar-refractivity contribution in [1.82, 2.24) is 19.3 Å². The molecule has 0 unspecified atom stereocenters. The van der Waals surface area contributed by atoms with Crippen molar-refractivity contribution in [3.05, 3.63) is 94.7 Å². The molecular formula is C26H25N5O5S. The van der Waals surface area contributed by atoms with Crippen molar-refractivity contribution < 1.29 is 17.9 Å². The number of nitrogens with one attached hydrogen (secondary N) is 2. The zero-order chi connectivity index (χ0) is 26.2. The highest BCUT2D eigenvalue weighted by atomic mass is 32.2. The molecule has 0 aliphatic rings. The summed E-state index contributed by atoms with van der Waals surface area (Å²) in [7, 11) is -0.724. The molecule has 0 saturated carbocycles. The number of hydrogen-bond acceptors (Lipinski definition) is 6. The first-order chi connectivity index (χ1) is 17.7. The number of aromatic nitrogens is 4. The summed E-state index contributed by atoms with van der Waals surface area (Å²) in [4.78, 5) is 12.5. The number of benzene rings is 3. The predicted molar refractivity (Wildman–Crippen MR) is 140 cm³/mol. The van der Waals surface area contributed by atoms with E-state index in [9.17, 15) is 13.2 Å². The Balaban J connectivity index is 1.51. The van der Waals surface area contributed by atoms with Crippen molar-refractivity contribution in [2.75, 3.05) is 4.72 Å². The summed E-state index contributed by atoms with van der Waals surface area (Å²) in [5.74, 6) is 1.25. The van der Waals surface area contributed by atoms with Crippen molar-refractivity contribution in [1.29, 1.82) is 0 Å². The fourth-order valence-corrected chi connectivity index (χ4v) is 5.21. The van der Waals surface area contributed by atoms with Gasteiger partial charge in [0.1, 0.15) is 23.0 Å². The first kappa shape index (κ1) is 24.2. The first-order valence-corrected chi connectivity index (χ1v) is 12.9. The van der Waals surface area contributed by atoms with Crippen molar-refractivity contribution in [3.8, 4) is 17.2 Å². The molecule has 0 bridgehead atoms. The van der Waals surface area contributed by atoms with E-state index in [0.717, 1.165) is 5.56 Å². The van der Waals surface area contributed by atoms with E-state index in [1.165, 1.54) is 15.3 Å². The molecule has 0 spiro atoms. The van der Waals surface area contributed by atoms with Crippen molar-refractivity contribution in [3.63, 3.8) is 0 Å². The smallest absolute Gasteiger partial charge is 0.328 e. The summed E-state index contributed by atoms with van der Waals surface area (Å²) in [5.41, 5.74) is 2.40. The summed E-state index contributed by atoms with van der Waals surface area (Å²) in [6.07, 6.45) is 1.31. The second kappa shape index (κ2) is 9.51. The average molecular weight is 520 g/mol. The molecule has 5 aromatic rings. The SMILES string of the molecule is Cc1n[nH]cc1S(=O)(=O)Nc1cc2c(cc1Oc1cccc(OCc3ccccc3)c1)n(C)c(=O)n2C. The third-order valence-electron chi connectivity index (χ3n) is 5.97. The Kier molecular flexibility index (Phi) is 6.22. The van der Waals surface area contributed by atoms with E-state index in [2.05, 4.69) is 14.9 Å². The number of H-pyrrole nitrogens is 1. The summed E-state index contributed by atoms with van der Waals surface area (Å²) >= 11 is 0. The van der Waals surface area contributed by atoms with Gasteiger partial charge in [0.15, 0.2) is 5.75 Å². The molecular weight excluding hydrogens is 494 g/mol. The molecule has 10 nitrogen and oxygen atoms in total. The molecule has 5 rings (SSSR count). The van der Waals surface area contributed by atoms with E-state index >= 15 is 0 Å². The fraction of sp³-hybridized carbons (Fsp3) is 0.154. The molecule has 0 fully saturated rings. The quantitative estimate of drug-likeness (QED) is 0.319. The number of fused-ring (bicyclic) bond motifs is 1. The molecule has 3 aromatic carbocycles. The number of nitrogens with zero attached hydrogens (tertiary/aromatic N) is 3. The van der Waals surface area contributed by atoms with Crippen LogP contribution in [0.3, 0.4) is 0 Å². The summed E-state index contributed by atoms with van der Waals surface area (Å²) < 4.78 is 43.8. The number of sulfonamides is 1. The minimum atomic E-state index is -3.99. The molecule has 0 aliphatic heterocycles. The monoisotopic (exact) mass is 519 g/mol. The number of rotatable bonds is 8. The van der Waals surface area contributed by atoms with Crippen LogP contribution >= 0.6 is 0 Å². The maximum absolute atomic E-state index is 13.1. The van der Waals surface area contributed by atoms with Crippen LogP contribution in [-0.2, 0) is 30.7 Å². The summed E-state index contributed by atoms with van der Waals surface area (Å²) in [6.45, 7) is 1.98. The van der Waals surface area contributed by atoms with Crippen LogP contribution in [0.25, 0.3) is 11.0 Å². The molecule has 0 radical (unpaired) electrons. The fourth-order valence-electron chi connectivity index (χ4n) is 4.00. The molecule has 37 heavy (non-hydrogen) atoms. The molecule has 0 aliphatic carbocycles. The Bertz CT molecular complexity index is 1750. The lowest BCUT2D eigenvalue weighted by Crippen LogP contribution is -2.19. The van der Waals surface area contributed by atoms with Gasteiger partial charge in [-0.15, -0.1) is 0 Å². The van der Waals surface area contributed by atoms with Crippen LogP contribution in [0.1, 0.15) is 11.3 Å². The van der Waals surface area contributed by atoms with Crippen LogP contribution in [0.4, 0.5) is 5.69 Å². The zero-order valence-electron chi connectivity index (χ0n) is 20.4. The zero-order valence-corrected chi connectivity index (χ0v) is 21.2. The van der Waals surface area contributed by atoms with Gasteiger partial charge in [0, 0.05) is 32.4 Å². The lowest BCUT2D eigenvalue weighted by molar-refractivity contribution is 0.304. The highest BCUT2D eigenvalue weighted by Crippen LogP contribution is 2.36. The van der Waals surface area contributed by atoms with E-state index in [1.807, 2.05) is 36.4 Å². The van der Waals surface area contributed by atoms with Gasteiger partial charge in [0.2, 0.25) is 0 Å². The van der Waals surface area contributed by atoms with Crippen LogP contribution in [-0.4, -0.2) is 27.7 Å². The van der Waals surface area contributed by atoms with E-state index in [0.29, 0.717) is 34.8 Å². The van der Waals surface area contributed by atoms with Crippen molar-refractivity contribution in [2.24, 2.45) is 14.1 Å². The van der Waals surface area contributed by atoms with E-state index in [4.69, 9.17) is 9.47 Å². The average Bonchev–Trinajstić information content (AvgIpc) is 3.42. The van der Waals surface area contributed by atoms with Crippen molar-refractivity contribution in [2.45, 2.75) is 18.4 Å². The Morgan fingerprint density at radius 3 is 2.35 bits per heavy atom. The summed E-state index contributed by atoms with van der Waals surface area (Å²) in [6, 6.07) is 20.0. The Hall–Kier alpha value is -4.51. The van der Waals surface area contributed by atoms with Crippen LogP contribution in [0.5, 0.6) is 17.2 Å². The number of ether oxygens (including phenoxy) is 2. The van der Waals surface area contributed by atoms with E-state index < -0.39 is 10.0 Å². The Morgan fingerprint density at radius 1 is 0.946 bits per heavy atom. The minimum Gasteiger partial charge on any atom is -0.489 e. The van der Waals surface area contributed by atoms with Gasteiger partial charge in [-0.25, -0.2) is 13.2 Å². The maximum atomic E-state index is 13.1. The van der Waals surface area contributed by atoms with Gasteiger partial charge in [0.25, 0.3) is 10.0 Å². The number of aryl methyl sites for hydroxylation is 3. The normalized spacial score (nSPS) is 11.5. The highest BCUT2D eigenvalue weighted by Gasteiger charge is 2.23. The molecule has 190 valence electrons. The molecule has 0 atom stereocenters. The van der Waals surface area contributed by atoms with E-state index in [1.54, 1.807) is 51.4 Å². The topological polar surface area (TPSA) is 120 Å². The largest absolute Gasteiger partial charge is 0.489 e. The first-order valence-electron chi connectivity index (χ1n) is 11.4. The van der Waals surface area contributed by atoms with Gasteiger partial charge < -0.3 is 9.47 Å². The maximum Gasteiger partial charge on any atom is 0.328 e. The number of hydrogen-bond donors (Lipinski definition) is 2. The number of anilines is 1. The standard InChI is InChI=1S/C26H25N5O5S/c1-17-25(15-27-28-17)37(33,34)29-21-13-22-23(31(3)26(32)30(22)2)14-24(21)36-20-11-7-10-19(12-20)35-16-18-8-5-4-6-9-18/h4-15,29H,16H2,1-3H3,(H,27,28). The third-order valence-corrected chi connectivity index (χ3v) is 7.45. The predicted octanol–water partition coefficient (Wildman–Crippen LogP) is 4.08. The minimum absolute atomic E-state index is 0.0109. The molecule has 2 N–H and O–H groups in total. The van der Waals surface area contributed by atoms with E-state index in [-0.39, 0.29) is 22.0 Å². The van der Waals surface area contributed by atoms with Crippen LogP contribution in [0.15, 0.2) is 82.6 Å². The lowest BCUT2D eigenvalue weighted by atomic mass is 10.2. The van der Waals surface area contributed by atoms with Crippen LogP contribution in [0.2, 0.25) is 0 Å².